The van der Waals surface area contributed by atoms with Gasteiger partial charge in [-0.25, -0.2) is 0 Å². The van der Waals surface area contributed by atoms with E-state index in [0.717, 1.165) is 21.9 Å². The smallest absolute Gasteiger partial charge is 0.128 e. The first-order valence-corrected chi connectivity index (χ1v) is 10.3. The standard InChI is InChI=1S/C28H18O2/c29-27-21-13-15-7-1-2-8-16(15)14-22(21)28(30)26-24-19-11-5-3-9-17(19)23(25(26)27)18-10-4-6-12-20(18)24/h1-14,23-24,29-30H. The molecular formula is C28H18O2. The molecule has 0 saturated carbocycles. The Balaban J connectivity index is 1.67. The van der Waals surface area contributed by atoms with E-state index in [1.165, 1.54) is 22.3 Å². The van der Waals surface area contributed by atoms with Crippen LogP contribution in [0.4, 0.5) is 0 Å². The molecule has 3 aliphatic carbocycles. The fourth-order valence-electron chi connectivity index (χ4n) is 5.79. The number of hydrogen-bond donors (Lipinski definition) is 2. The summed E-state index contributed by atoms with van der Waals surface area (Å²) >= 11 is 0. The van der Waals surface area contributed by atoms with Crippen molar-refractivity contribution in [2.24, 2.45) is 0 Å². The van der Waals surface area contributed by atoms with Crippen LogP contribution >= 0.6 is 0 Å². The molecular weight excluding hydrogens is 368 g/mol. The zero-order chi connectivity index (χ0) is 20.0. The first kappa shape index (κ1) is 16.1. The van der Waals surface area contributed by atoms with E-state index in [1.807, 2.05) is 36.4 Å². The highest BCUT2D eigenvalue weighted by Crippen LogP contribution is 2.61. The summed E-state index contributed by atoms with van der Waals surface area (Å²) in [5, 5.41) is 26.6. The Morgan fingerprint density at radius 3 is 1.17 bits per heavy atom. The monoisotopic (exact) mass is 386 g/mol. The number of rotatable bonds is 0. The molecule has 0 radical (unpaired) electrons. The number of aromatic hydroxyl groups is 2. The molecule has 8 rings (SSSR count). The van der Waals surface area contributed by atoms with Gasteiger partial charge in [-0.15, -0.1) is 0 Å². The second kappa shape index (κ2) is 5.43. The highest BCUT2D eigenvalue weighted by atomic mass is 16.3. The lowest BCUT2D eigenvalue weighted by molar-refractivity contribution is 0.450. The first-order chi connectivity index (χ1) is 14.7. The fraction of sp³-hybridized carbons (Fsp3) is 0.0714. The molecule has 5 aromatic rings. The van der Waals surface area contributed by atoms with E-state index < -0.39 is 0 Å². The van der Waals surface area contributed by atoms with Gasteiger partial charge in [0, 0.05) is 33.7 Å². The number of benzene rings is 5. The maximum absolute atomic E-state index is 11.5. The van der Waals surface area contributed by atoms with E-state index in [2.05, 4.69) is 48.5 Å². The van der Waals surface area contributed by atoms with Gasteiger partial charge in [0.25, 0.3) is 0 Å². The first-order valence-electron chi connectivity index (χ1n) is 10.3. The van der Waals surface area contributed by atoms with Gasteiger partial charge in [0.1, 0.15) is 11.5 Å². The Morgan fingerprint density at radius 2 is 0.800 bits per heavy atom. The van der Waals surface area contributed by atoms with Gasteiger partial charge in [-0.1, -0.05) is 72.8 Å². The molecule has 0 saturated heterocycles. The Kier molecular flexibility index (Phi) is 2.91. The van der Waals surface area contributed by atoms with Crippen LogP contribution in [-0.4, -0.2) is 10.2 Å². The normalized spacial score (nSPS) is 18.3. The molecule has 0 aliphatic heterocycles. The van der Waals surface area contributed by atoms with Crippen LogP contribution < -0.4 is 0 Å². The Morgan fingerprint density at radius 1 is 0.467 bits per heavy atom. The van der Waals surface area contributed by atoms with Crippen molar-refractivity contribution in [3.8, 4) is 11.5 Å². The molecule has 0 aromatic heterocycles. The Hall–Kier alpha value is -3.78. The molecule has 0 fully saturated rings. The summed E-state index contributed by atoms with van der Waals surface area (Å²) in [6.07, 6.45) is 0. The highest BCUT2D eigenvalue weighted by molar-refractivity contribution is 6.05. The van der Waals surface area contributed by atoms with Crippen molar-refractivity contribution in [1.82, 2.24) is 0 Å². The summed E-state index contributed by atoms with van der Waals surface area (Å²) in [6.45, 7) is 0. The molecule has 2 N–H and O–H groups in total. The molecule has 0 spiro atoms. The summed E-state index contributed by atoms with van der Waals surface area (Å²) in [6, 6.07) is 29.0. The average molecular weight is 386 g/mol. The lowest BCUT2D eigenvalue weighted by atomic mass is 9.60. The third-order valence-electron chi connectivity index (χ3n) is 7.01. The van der Waals surface area contributed by atoms with Crippen LogP contribution in [0.5, 0.6) is 11.5 Å². The molecule has 3 aliphatic rings. The molecule has 5 aromatic carbocycles. The summed E-state index contributed by atoms with van der Waals surface area (Å²) in [5.41, 5.74) is 6.62. The Labute approximate surface area is 173 Å². The minimum atomic E-state index is -0.0702. The van der Waals surface area contributed by atoms with E-state index >= 15 is 0 Å². The maximum Gasteiger partial charge on any atom is 0.128 e. The van der Waals surface area contributed by atoms with Crippen molar-refractivity contribution in [1.29, 1.82) is 0 Å². The highest BCUT2D eigenvalue weighted by Gasteiger charge is 2.44. The minimum Gasteiger partial charge on any atom is -0.507 e. The SMILES string of the molecule is Oc1c2c(c(O)c3cc4ccccc4cc13)C1c3ccccc3C2c2ccccc21. The summed E-state index contributed by atoms with van der Waals surface area (Å²) in [4.78, 5) is 0. The number of phenols is 2. The van der Waals surface area contributed by atoms with Gasteiger partial charge in [0.2, 0.25) is 0 Å². The van der Waals surface area contributed by atoms with E-state index in [-0.39, 0.29) is 11.8 Å². The molecule has 142 valence electrons. The molecule has 0 atom stereocenters. The van der Waals surface area contributed by atoms with E-state index in [0.29, 0.717) is 22.3 Å². The second-order valence-electron chi connectivity index (χ2n) is 8.39. The second-order valence-corrected chi connectivity index (χ2v) is 8.39. The lowest BCUT2D eigenvalue weighted by Crippen LogP contribution is -2.27. The minimum absolute atomic E-state index is 0.0702. The van der Waals surface area contributed by atoms with Gasteiger partial charge in [0.05, 0.1) is 0 Å². The summed E-state index contributed by atoms with van der Waals surface area (Å²) < 4.78 is 0. The van der Waals surface area contributed by atoms with Gasteiger partial charge in [-0.05, 0) is 45.2 Å². The van der Waals surface area contributed by atoms with E-state index in [9.17, 15) is 10.2 Å². The molecule has 0 unspecified atom stereocenters. The zero-order valence-electron chi connectivity index (χ0n) is 16.1. The fourth-order valence-corrected chi connectivity index (χ4v) is 5.79. The quantitative estimate of drug-likeness (QED) is 0.234. The van der Waals surface area contributed by atoms with Gasteiger partial charge in [-0.3, -0.25) is 0 Å². The molecule has 0 amide bonds. The number of phenolic OH excluding ortho intramolecular Hbond substituents is 2. The van der Waals surface area contributed by atoms with Gasteiger partial charge >= 0.3 is 0 Å². The Bertz CT molecular complexity index is 1370. The van der Waals surface area contributed by atoms with Gasteiger partial charge in [-0.2, -0.15) is 0 Å². The van der Waals surface area contributed by atoms with Crippen molar-refractivity contribution in [2.45, 2.75) is 11.8 Å². The van der Waals surface area contributed by atoms with Crippen molar-refractivity contribution < 1.29 is 10.2 Å². The zero-order valence-corrected chi connectivity index (χ0v) is 16.1. The number of fused-ring (bicyclic) bond motifs is 2. The van der Waals surface area contributed by atoms with Crippen LogP contribution in [0.1, 0.15) is 45.2 Å². The van der Waals surface area contributed by atoms with Crippen LogP contribution in [0.25, 0.3) is 21.5 Å². The average Bonchev–Trinajstić information content (AvgIpc) is 2.81. The molecule has 2 heteroatoms. The number of hydrogen-bond acceptors (Lipinski definition) is 2. The van der Waals surface area contributed by atoms with E-state index in [1.54, 1.807) is 0 Å². The van der Waals surface area contributed by atoms with Gasteiger partial charge in [0.15, 0.2) is 0 Å². The molecule has 2 bridgehead atoms. The third kappa shape index (κ3) is 1.80. The van der Waals surface area contributed by atoms with Crippen LogP contribution in [0, 0.1) is 0 Å². The van der Waals surface area contributed by atoms with Crippen molar-refractivity contribution in [3.05, 3.63) is 118 Å². The van der Waals surface area contributed by atoms with Crippen LogP contribution in [0.3, 0.4) is 0 Å². The maximum atomic E-state index is 11.5. The van der Waals surface area contributed by atoms with Crippen molar-refractivity contribution >= 4 is 21.5 Å². The predicted octanol–water partition coefficient (Wildman–Crippen LogP) is 6.39. The summed E-state index contributed by atoms with van der Waals surface area (Å²) in [7, 11) is 0. The van der Waals surface area contributed by atoms with Crippen molar-refractivity contribution in [2.75, 3.05) is 0 Å². The van der Waals surface area contributed by atoms with Crippen LogP contribution in [0.15, 0.2) is 84.9 Å². The van der Waals surface area contributed by atoms with E-state index in [4.69, 9.17) is 0 Å². The summed E-state index contributed by atoms with van der Waals surface area (Å²) in [5.74, 6) is 0.448. The third-order valence-corrected chi connectivity index (χ3v) is 7.01. The largest absolute Gasteiger partial charge is 0.507 e. The van der Waals surface area contributed by atoms with Crippen LogP contribution in [0.2, 0.25) is 0 Å². The molecule has 30 heavy (non-hydrogen) atoms. The molecule has 2 nitrogen and oxygen atoms in total. The topological polar surface area (TPSA) is 40.5 Å². The predicted molar refractivity (Wildman–Crippen MR) is 120 cm³/mol. The lowest BCUT2D eigenvalue weighted by Gasteiger charge is -2.42. The van der Waals surface area contributed by atoms with Gasteiger partial charge < -0.3 is 10.2 Å². The van der Waals surface area contributed by atoms with Crippen molar-refractivity contribution in [3.63, 3.8) is 0 Å². The van der Waals surface area contributed by atoms with Crippen LogP contribution in [-0.2, 0) is 0 Å². The molecule has 0 heterocycles.